The van der Waals surface area contributed by atoms with Gasteiger partial charge in [0.2, 0.25) is 0 Å². The first kappa shape index (κ1) is 15.5. The van der Waals surface area contributed by atoms with Gasteiger partial charge >= 0.3 is 0 Å². The molecule has 2 aromatic heterocycles. The van der Waals surface area contributed by atoms with E-state index < -0.39 is 10.0 Å². The number of anilines is 1. The van der Waals surface area contributed by atoms with E-state index in [0.717, 1.165) is 35.3 Å². The number of rotatable bonds is 3. The molecule has 0 unspecified atom stereocenters. The second kappa shape index (κ2) is 5.80. The molecule has 4 rings (SSSR count). The molecular formula is C16H16N4O2S2. The van der Waals surface area contributed by atoms with Crippen LogP contribution in [-0.4, -0.2) is 24.3 Å². The first-order valence-electron chi connectivity index (χ1n) is 7.60. The smallest absolute Gasteiger partial charge is 0.280 e. The Hall–Kier alpha value is -2.03. The van der Waals surface area contributed by atoms with Crippen LogP contribution in [0.4, 0.5) is 5.69 Å². The lowest BCUT2D eigenvalue weighted by Gasteiger charge is -2.18. The molecule has 124 valence electrons. The van der Waals surface area contributed by atoms with Crippen molar-refractivity contribution in [2.45, 2.75) is 24.9 Å². The summed E-state index contributed by atoms with van der Waals surface area (Å²) in [7, 11) is -3.77. The second-order valence-corrected chi connectivity index (χ2v) is 8.23. The maximum absolute atomic E-state index is 12.8. The van der Waals surface area contributed by atoms with E-state index in [1.54, 1.807) is 18.5 Å². The lowest BCUT2D eigenvalue weighted by Crippen LogP contribution is -2.24. The zero-order valence-electron chi connectivity index (χ0n) is 13.0. The molecule has 0 spiro atoms. The van der Waals surface area contributed by atoms with Crippen LogP contribution < -0.4 is 10.0 Å². The SMILES string of the molecule is Cc1cnc(S(=O)(=O)Nc2ccc3c(c2)CNCC3)c2cnsc12. The Morgan fingerprint density at radius 2 is 2.12 bits per heavy atom. The van der Waals surface area contributed by atoms with Crippen molar-refractivity contribution in [3.8, 4) is 0 Å². The van der Waals surface area contributed by atoms with Crippen molar-refractivity contribution in [2.24, 2.45) is 0 Å². The summed E-state index contributed by atoms with van der Waals surface area (Å²) >= 11 is 1.28. The molecule has 0 aliphatic carbocycles. The van der Waals surface area contributed by atoms with Gasteiger partial charge in [-0.2, -0.15) is 12.8 Å². The zero-order chi connectivity index (χ0) is 16.7. The van der Waals surface area contributed by atoms with Crippen LogP contribution in [0.1, 0.15) is 16.7 Å². The number of hydrogen-bond donors (Lipinski definition) is 2. The van der Waals surface area contributed by atoms with Crippen LogP contribution in [-0.2, 0) is 23.0 Å². The minimum atomic E-state index is -3.77. The summed E-state index contributed by atoms with van der Waals surface area (Å²) in [5.41, 5.74) is 3.86. The summed E-state index contributed by atoms with van der Waals surface area (Å²) < 4.78 is 33.2. The standard InChI is InChI=1S/C16H16N4O2S2/c1-10-7-18-16(14-9-19-23-15(10)14)24(21,22)20-13-3-2-11-4-5-17-8-12(11)6-13/h2-3,6-7,9,17,20H,4-5,8H2,1H3. The molecule has 0 saturated heterocycles. The molecule has 0 atom stereocenters. The number of nitrogens with one attached hydrogen (secondary N) is 2. The third-order valence-electron chi connectivity index (χ3n) is 4.13. The van der Waals surface area contributed by atoms with E-state index in [0.29, 0.717) is 11.1 Å². The first-order chi connectivity index (χ1) is 11.5. The Kier molecular flexibility index (Phi) is 3.75. The van der Waals surface area contributed by atoms with Crippen molar-refractivity contribution in [3.63, 3.8) is 0 Å². The summed E-state index contributed by atoms with van der Waals surface area (Å²) in [6, 6.07) is 5.67. The van der Waals surface area contributed by atoms with Crippen molar-refractivity contribution >= 4 is 37.3 Å². The van der Waals surface area contributed by atoms with Gasteiger partial charge in [0.15, 0.2) is 5.03 Å². The Labute approximate surface area is 144 Å². The van der Waals surface area contributed by atoms with Gasteiger partial charge in [-0.3, -0.25) is 4.72 Å². The summed E-state index contributed by atoms with van der Waals surface area (Å²) in [4.78, 5) is 4.14. The van der Waals surface area contributed by atoms with Crippen LogP contribution in [0, 0.1) is 6.92 Å². The first-order valence-corrected chi connectivity index (χ1v) is 9.85. The lowest BCUT2D eigenvalue weighted by atomic mass is 10.0. The number of sulfonamides is 1. The molecule has 2 N–H and O–H groups in total. The summed E-state index contributed by atoms with van der Waals surface area (Å²) in [5.74, 6) is 0. The number of aromatic nitrogens is 2. The zero-order valence-corrected chi connectivity index (χ0v) is 14.7. The van der Waals surface area contributed by atoms with E-state index >= 15 is 0 Å². The number of pyridine rings is 1. The van der Waals surface area contributed by atoms with Crippen LogP contribution in [0.2, 0.25) is 0 Å². The van der Waals surface area contributed by atoms with Gasteiger partial charge in [-0.1, -0.05) is 6.07 Å². The van der Waals surface area contributed by atoms with Crippen molar-refractivity contribution in [3.05, 3.63) is 47.3 Å². The van der Waals surface area contributed by atoms with Crippen LogP contribution in [0.25, 0.3) is 10.1 Å². The molecule has 0 radical (unpaired) electrons. The van der Waals surface area contributed by atoms with Crippen LogP contribution in [0.5, 0.6) is 0 Å². The molecule has 1 aromatic carbocycles. The molecule has 0 amide bonds. The highest BCUT2D eigenvalue weighted by Crippen LogP contribution is 2.28. The van der Waals surface area contributed by atoms with Gasteiger partial charge in [0.1, 0.15) is 0 Å². The molecule has 8 heteroatoms. The van der Waals surface area contributed by atoms with Crippen molar-refractivity contribution < 1.29 is 8.42 Å². The third kappa shape index (κ3) is 2.66. The van der Waals surface area contributed by atoms with E-state index in [1.807, 2.05) is 19.1 Å². The molecule has 6 nitrogen and oxygen atoms in total. The van der Waals surface area contributed by atoms with Crippen LogP contribution in [0.3, 0.4) is 0 Å². The summed E-state index contributed by atoms with van der Waals surface area (Å²) in [6.45, 7) is 3.61. The Morgan fingerprint density at radius 1 is 1.25 bits per heavy atom. The number of benzene rings is 1. The maximum Gasteiger partial charge on any atom is 0.280 e. The van der Waals surface area contributed by atoms with Crippen LogP contribution >= 0.6 is 11.5 Å². The molecule has 1 aliphatic rings. The number of hydrogen-bond acceptors (Lipinski definition) is 6. The fourth-order valence-corrected chi connectivity index (χ4v) is 4.86. The molecule has 24 heavy (non-hydrogen) atoms. The van der Waals surface area contributed by atoms with E-state index in [4.69, 9.17) is 0 Å². The van der Waals surface area contributed by atoms with E-state index in [9.17, 15) is 8.42 Å². The normalized spacial score (nSPS) is 14.5. The predicted molar refractivity (Wildman–Crippen MR) is 94.8 cm³/mol. The summed E-state index contributed by atoms with van der Waals surface area (Å²) in [5, 5.41) is 3.88. The fourth-order valence-electron chi connectivity index (χ4n) is 2.92. The highest BCUT2D eigenvalue weighted by molar-refractivity contribution is 7.92. The molecular weight excluding hydrogens is 344 g/mol. The molecule has 1 aliphatic heterocycles. The highest BCUT2D eigenvalue weighted by atomic mass is 32.2. The summed E-state index contributed by atoms with van der Waals surface area (Å²) in [6.07, 6.45) is 4.10. The van der Waals surface area contributed by atoms with Gasteiger partial charge in [0.25, 0.3) is 10.0 Å². The highest BCUT2D eigenvalue weighted by Gasteiger charge is 2.22. The van der Waals surface area contributed by atoms with E-state index in [-0.39, 0.29) is 5.03 Å². The largest absolute Gasteiger partial charge is 0.312 e. The molecule has 3 aromatic rings. The maximum atomic E-state index is 12.8. The Morgan fingerprint density at radius 3 is 3.00 bits per heavy atom. The molecule has 0 fully saturated rings. The molecule has 0 saturated carbocycles. The minimum Gasteiger partial charge on any atom is -0.312 e. The minimum absolute atomic E-state index is 0.0210. The monoisotopic (exact) mass is 360 g/mol. The topological polar surface area (TPSA) is 84.0 Å². The number of fused-ring (bicyclic) bond motifs is 2. The quantitative estimate of drug-likeness (QED) is 0.749. The lowest BCUT2D eigenvalue weighted by molar-refractivity contribution is 0.598. The van der Waals surface area contributed by atoms with Gasteiger partial charge in [-0.15, -0.1) is 0 Å². The second-order valence-electron chi connectivity index (χ2n) is 5.83. The fraction of sp³-hybridized carbons (Fsp3) is 0.250. The van der Waals surface area contributed by atoms with Gasteiger partial charge in [0.05, 0.1) is 16.3 Å². The van der Waals surface area contributed by atoms with Crippen molar-refractivity contribution in [2.75, 3.05) is 11.3 Å². The molecule has 3 heterocycles. The van der Waals surface area contributed by atoms with E-state index in [2.05, 4.69) is 19.4 Å². The Bertz CT molecular complexity index is 1030. The Balaban J connectivity index is 1.73. The predicted octanol–water partition coefficient (Wildman–Crippen LogP) is 2.45. The van der Waals surface area contributed by atoms with Crippen molar-refractivity contribution in [1.29, 1.82) is 0 Å². The average molecular weight is 360 g/mol. The molecule has 0 bridgehead atoms. The van der Waals surface area contributed by atoms with Gasteiger partial charge in [-0.25, -0.2) is 4.98 Å². The van der Waals surface area contributed by atoms with Crippen molar-refractivity contribution in [1.82, 2.24) is 14.7 Å². The van der Waals surface area contributed by atoms with Crippen LogP contribution in [0.15, 0.2) is 35.6 Å². The average Bonchev–Trinajstić information content (AvgIpc) is 3.05. The third-order valence-corrected chi connectivity index (χ3v) is 6.41. The van der Waals surface area contributed by atoms with Gasteiger partial charge in [0, 0.05) is 18.4 Å². The van der Waals surface area contributed by atoms with E-state index in [1.165, 1.54) is 17.1 Å². The number of nitrogens with zero attached hydrogens (tertiary/aromatic N) is 2. The van der Waals surface area contributed by atoms with Gasteiger partial charge in [-0.05, 0) is 60.2 Å². The van der Waals surface area contributed by atoms with Gasteiger partial charge < -0.3 is 5.32 Å². The number of aryl methyl sites for hydroxylation is 1.